The summed E-state index contributed by atoms with van der Waals surface area (Å²) in [6.07, 6.45) is 1.85. The lowest BCUT2D eigenvalue weighted by Gasteiger charge is -2.08. The number of hydrogen-bond acceptors (Lipinski definition) is 3. The van der Waals surface area contributed by atoms with Gasteiger partial charge in [0, 0.05) is 17.6 Å². The second-order valence-electron chi connectivity index (χ2n) is 4.03. The van der Waals surface area contributed by atoms with E-state index in [-0.39, 0.29) is 17.2 Å². The molecule has 2 rings (SSSR count). The molecule has 0 aliphatic carbocycles. The third-order valence-electron chi connectivity index (χ3n) is 2.49. The third kappa shape index (κ3) is 3.34. The highest BCUT2D eigenvalue weighted by molar-refractivity contribution is 6.29. The van der Waals surface area contributed by atoms with Gasteiger partial charge in [-0.25, -0.2) is 9.37 Å². The van der Waals surface area contributed by atoms with Gasteiger partial charge in [0.25, 0.3) is 0 Å². The molecular weight excluding hydrogens is 279 g/mol. The summed E-state index contributed by atoms with van der Waals surface area (Å²) in [6, 6.07) is 9.56. The molecule has 100 valence electrons. The Morgan fingerprint density at radius 2 is 2.25 bits per heavy atom. The van der Waals surface area contributed by atoms with E-state index < -0.39 is 5.82 Å². The monoisotopic (exact) mass is 288 g/mol. The standard InChI is InChI=1S/C15H10ClFN2O/c1-10(16)7-11-4-5-14(13(17)8-11)20-15-12(9-18)3-2-6-19-15/h2-6,8H,1,7H2. The number of ether oxygens (including phenoxy) is 1. The molecule has 0 aliphatic heterocycles. The van der Waals surface area contributed by atoms with Crippen LogP contribution in [0.5, 0.6) is 11.6 Å². The van der Waals surface area contributed by atoms with E-state index in [0.29, 0.717) is 17.0 Å². The summed E-state index contributed by atoms with van der Waals surface area (Å²) in [4.78, 5) is 3.91. The lowest BCUT2D eigenvalue weighted by Crippen LogP contribution is -1.95. The van der Waals surface area contributed by atoms with E-state index in [2.05, 4.69) is 11.6 Å². The molecule has 0 spiro atoms. The molecule has 0 radical (unpaired) electrons. The number of nitrogens with zero attached hydrogens (tertiary/aromatic N) is 2. The zero-order valence-corrected chi connectivity index (χ0v) is 11.2. The van der Waals surface area contributed by atoms with Crippen LogP contribution < -0.4 is 4.74 Å². The van der Waals surface area contributed by atoms with Crippen molar-refractivity contribution in [3.63, 3.8) is 0 Å². The van der Waals surface area contributed by atoms with E-state index in [1.807, 2.05) is 6.07 Å². The molecule has 1 aromatic heterocycles. The van der Waals surface area contributed by atoms with Crippen molar-refractivity contribution in [2.24, 2.45) is 0 Å². The molecule has 1 aromatic carbocycles. The zero-order chi connectivity index (χ0) is 14.5. The first kappa shape index (κ1) is 14.0. The van der Waals surface area contributed by atoms with Crippen LogP contribution in [0.2, 0.25) is 0 Å². The van der Waals surface area contributed by atoms with Crippen molar-refractivity contribution in [3.05, 3.63) is 65.1 Å². The van der Waals surface area contributed by atoms with Crippen LogP contribution in [0.25, 0.3) is 0 Å². The first-order valence-electron chi connectivity index (χ1n) is 5.75. The summed E-state index contributed by atoms with van der Waals surface area (Å²) in [5.41, 5.74) is 0.932. The van der Waals surface area contributed by atoms with Crippen molar-refractivity contribution in [1.82, 2.24) is 4.98 Å². The average Bonchev–Trinajstić information content (AvgIpc) is 2.42. The summed E-state index contributed by atoms with van der Waals surface area (Å²) < 4.78 is 19.2. The lowest BCUT2D eigenvalue weighted by atomic mass is 10.1. The smallest absolute Gasteiger partial charge is 0.237 e. The van der Waals surface area contributed by atoms with Gasteiger partial charge in [-0.05, 0) is 29.8 Å². The number of hydrogen-bond donors (Lipinski definition) is 0. The van der Waals surface area contributed by atoms with Gasteiger partial charge in [-0.1, -0.05) is 24.2 Å². The maximum absolute atomic E-state index is 13.9. The van der Waals surface area contributed by atoms with E-state index in [9.17, 15) is 4.39 Å². The van der Waals surface area contributed by atoms with Crippen LogP contribution in [0.15, 0.2) is 48.1 Å². The Hall–Kier alpha value is -2.38. The van der Waals surface area contributed by atoms with E-state index in [4.69, 9.17) is 21.6 Å². The van der Waals surface area contributed by atoms with Crippen molar-refractivity contribution in [3.8, 4) is 17.7 Å². The van der Waals surface area contributed by atoms with E-state index in [1.54, 1.807) is 18.2 Å². The summed E-state index contributed by atoms with van der Waals surface area (Å²) >= 11 is 5.68. The van der Waals surface area contributed by atoms with E-state index >= 15 is 0 Å². The summed E-state index contributed by atoms with van der Waals surface area (Å²) in [7, 11) is 0. The van der Waals surface area contributed by atoms with Gasteiger partial charge in [-0.2, -0.15) is 5.26 Å². The normalized spacial score (nSPS) is 9.85. The number of nitriles is 1. The van der Waals surface area contributed by atoms with Crippen molar-refractivity contribution < 1.29 is 9.13 Å². The van der Waals surface area contributed by atoms with Crippen molar-refractivity contribution in [2.75, 3.05) is 0 Å². The van der Waals surface area contributed by atoms with Crippen LogP contribution in [0.4, 0.5) is 4.39 Å². The minimum absolute atomic E-state index is 0.00383. The van der Waals surface area contributed by atoms with Crippen LogP contribution in [0, 0.1) is 17.1 Å². The Morgan fingerprint density at radius 1 is 1.45 bits per heavy atom. The highest BCUT2D eigenvalue weighted by atomic mass is 35.5. The zero-order valence-electron chi connectivity index (χ0n) is 10.4. The van der Waals surface area contributed by atoms with Gasteiger partial charge in [-0.15, -0.1) is 0 Å². The Balaban J connectivity index is 2.26. The van der Waals surface area contributed by atoms with Crippen LogP contribution in [0.1, 0.15) is 11.1 Å². The molecular formula is C15H10ClFN2O. The summed E-state index contributed by atoms with van der Waals surface area (Å²) in [6.45, 7) is 3.56. The maximum atomic E-state index is 13.9. The second kappa shape index (κ2) is 6.18. The number of benzene rings is 1. The second-order valence-corrected chi connectivity index (χ2v) is 4.56. The molecule has 0 bridgehead atoms. The Labute approximate surface area is 120 Å². The molecule has 0 saturated heterocycles. The quantitative estimate of drug-likeness (QED) is 0.848. The Bertz CT molecular complexity index is 695. The van der Waals surface area contributed by atoms with E-state index in [0.717, 1.165) is 0 Å². The fraction of sp³-hybridized carbons (Fsp3) is 0.0667. The van der Waals surface area contributed by atoms with Gasteiger partial charge in [0.2, 0.25) is 5.88 Å². The molecule has 20 heavy (non-hydrogen) atoms. The highest BCUT2D eigenvalue weighted by Crippen LogP contribution is 2.26. The van der Waals surface area contributed by atoms with Crippen LogP contribution in [-0.4, -0.2) is 4.98 Å². The first-order valence-corrected chi connectivity index (χ1v) is 6.12. The Kier molecular flexibility index (Phi) is 4.34. The fourth-order valence-corrected chi connectivity index (χ4v) is 1.77. The Morgan fingerprint density at radius 3 is 2.90 bits per heavy atom. The molecule has 0 atom stereocenters. The minimum atomic E-state index is -0.546. The molecule has 0 saturated carbocycles. The number of aromatic nitrogens is 1. The lowest BCUT2D eigenvalue weighted by molar-refractivity contribution is 0.426. The molecule has 5 heteroatoms. The van der Waals surface area contributed by atoms with Crippen LogP contribution in [0.3, 0.4) is 0 Å². The number of allylic oxidation sites excluding steroid dienone is 1. The van der Waals surface area contributed by atoms with Gasteiger partial charge in [0.05, 0.1) is 0 Å². The van der Waals surface area contributed by atoms with Crippen molar-refractivity contribution in [2.45, 2.75) is 6.42 Å². The molecule has 1 heterocycles. The molecule has 3 nitrogen and oxygen atoms in total. The molecule has 0 fully saturated rings. The highest BCUT2D eigenvalue weighted by Gasteiger charge is 2.10. The van der Waals surface area contributed by atoms with Gasteiger partial charge >= 0.3 is 0 Å². The van der Waals surface area contributed by atoms with Gasteiger partial charge < -0.3 is 4.74 Å². The number of halogens is 2. The average molecular weight is 289 g/mol. The number of pyridine rings is 1. The predicted octanol–water partition coefficient (Wildman–Crippen LogP) is 4.18. The summed E-state index contributed by atoms with van der Waals surface area (Å²) in [5.74, 6) is -0.470. The maximum Gasteiger partial charge on any atom is 0.237 e. The molecule has 0 amide bonds. The molecule has 0 aliphatic rings. The topological polar surface area (TPSA) is 45.9 Å². The largest absolute Gasteiger partial charge is 0.435 e. The van der Waals surface area contributed by atoms with Gasteiger partial charge in [0.1, 0.15) is 11.6 Å². The van der Waals surface area contributed by atoms with Crippen molar-refractivity contribution >= 4 is 11.6 Å². The number of rotatable bonds is 4. The molecule has 0 N–H and O–H groups in total. The first-order chi connectivity index (χ1) is 9.60. The van der Waals surface area contributed by atoms with Gasteiger partial charge in [-0.3, -0.25) is 0 Å². The van der Waals surface area contributed by atoms with Crippen molar-refractivity contribution in [1.29, 1.82) is 5.26 Å². The van der Waals surface area contributed by atoms with Gasteiger partial charge in [0.15, 0.2) is 11.6 Å². The summed E-state index contributed by atoms with van der Waals surface area (Å²) in [5, 5.41) is 9.35. The predicted molar refractivity (Wildman–Crippen MR) is 74.1 cm³/mol. The molecule has 0 unspecified atom stereocenters. The fourth-order valence-electron chi connectivity index (χ4n) is 1.62. The van der Waals surface area contributed by atoms with Crippen LogP contribution in [-0.2, 0) is 6.42 Å². The van der Waals surface area contributed by atoms with E-state index in [1.165, 1.54) is 18.3 Å². The minimum Gasteiger partial charge on any atom is -0.435 e. The third-order valence-corrected chi connectivity index (χ3v) is 2.62. The van der Waals surface area contributed by atoms with Crippen LogP contribution >= 0.6 is 11.6 Å². The SMILES string of the molecule is C=C(Cl)Cc1ccc(Oc2ncccc2C#N)c(F)c1. The molecule has 2 aromatic rings.